The van der Waals surface area contributed by atoms with Crippen LogP contribution in [0.5, 0.6) is 0 Å². The fraction of sp³-hybridized carbons (Fsp3) is 0.533. The molecular weight excluding hydrogens is 240 g/mol. The zero-order valence-electron chi connectivity index (χ0n) is 11.4. The van der Waals surface area contributed by atoms with E-state index in [0.29, 0.717) is 23.8 Å². The molecule has 0 unspecified atom stereocenters. The molecule has 0 bridgehead atoms. The second kappa shape index (κ2) is 6.06. The van der Waals surface area contributed by atoms with Crippen LogP contribution in [0, 0.1) is 0 Å². The third-order valence-corrected chi connectivity index (χ3v) is 3.85. The number of carbonyl (C=O) groups excluding carboxylic acids is 1. The first-order valence-corrected chi connectivity index (χ1v) is 6.91. The van der Waals surface area contributed by atoms with Gasteiger partial charge in [0.05, 0.1) is 6.61 Å². The van der Waals surface area contributed by atoms with Crippen LogP contribution in [0.2, 0.25) is 0 Å². The van der Waals surface area contributed by atoms with E-state index in [4.69, 9.17) is 5.73 Å². The lowest BCUT2D eigenvalue weighted by molar-refractivity contribution is 0.101. The van der Waals surface area contributed by atoms with E-state index < -0.39 is 0 Å². The maximum Gasteiger partial charge on any atom is 0.161 e. The van der Waals surface area contributed by atoms with Crippen LogP contribution in [0.15, 0.2) is 18.2 Å². The van der Waals surface area contributed by atoms with Crippen molar-refractivity contribution in [2.45, 2.75) is 38.6 Å². The predicted molar refractivity (Wildman–Crippen MR) is 77.5 cm³/mol. The molecule has 0 heterocycles. The normalized spacial score (nSPS) is 15.7. The van der Waals surface area contributed by atoms with Gasteiger partial charge in [0.25, 0.3) is 0 Å². The van der Waals surface area contributed by atoms with Crippen molar-refractivity contribution in [2.24, 2.45) is 0 Å². The highest BCUT2D eigenvalue weighted by molar-refractivity contribution is 6.00. The van der Waals surface area contributed by atoms with Crippen molar-refractivity contribution in [2.75, 3.05) is 23.8 Å². The number of nitrogens with zero attached hydrogens (tertiary/aromatic N) is 1. The number of hydrogen-bond acceptors (Lipinski definition) is 4. The summed E-state index contributed by atoms with van der Waals surface area (Å²) in [4.78, 5) is 13.8. The molecule has 1 aliphatic rings. The van der Waals surface area contributed by atoms with Crippen molar-refractivity contribution in [1.82, 2.24) is 0 Å². The molecule has 0 radical (unpaired) electrons. The maximum atomic E-state index is 11.6. The molecule has 104 valence electrons. The molecule has 1 aromatic rings. The Morgan fingerprint density at radius 3 is 2.68 bits per heavy atom. The molecule has 2 rings (SSSR count). The van der Waals surface area contributed by atoms with Crippen molar-refractivity contribution < 1.29 is 9.90 Å². The molecule has 0 spiro atoms. The van der Waals surface area contributed by atoms with Crippen LogP contribution >= 0.6 is 0 Å². The van der Waals surface area contributed by atoms with Gasteiger partial charge in [-0.3, -0.25) is 4.79 Å². The van der Waals surface area contributed by atoms with Crippen molar-refractivity contribution in [3.05, 3.63) is 23.8 Å². The summed E-state index contributed by atoms with van der Waals surface area (Å²) >= 11 is 0. The van der Waals surface area contributed by atoms with E-state index in [0.717, 1.165) is 18.5 Å². The van der Waals surface area contributed by atoms with Crippen molar-refractivity contribution in [1.29, 1.82) is 0 Å². The quantitative estimate of drug-likeness (QED) is 0.630. The fourth-order valence-corrected chi connectivity index (χ4v) is 2.87. The molecule has 0 aromatic heterocycles. The highest BCUT2D eigenvalue weighted by Gasteiger charge is 2.23. The van der Waals surface area contributed by atoms with Gasteiger partial charge in [-0.1, -0.05) is 12.8 Å². The molecule has 4 nitrogen and oxygen atoms in total. The highest BCUT2D eigenvalue weighted by Crippen LogP contribution is 2.30. The second-order valence-corrected chi connectivity index (χ2v) is 5.18. The zero-order chi connectivity index (χ0) is 13.8. The number of aliphatic hydroxyl groups is 1. The van der Waals surface area contributed by atoms with Crippen LogP contribution in [0.4, 0.5) is 11.4 Å². The average molecular weight is 262 g/mol. The third-order valence-electron chi connectivity index (χ3n) is 3.85. The number of hydrogen-bond donors (Lipinski definition) is 2. The van der Waals surface area contributed by atoms with E-state index in [1.54, 1.807) is 6.07 Å². The lowest BCUT2D eigenvalue weighted by Gasteiger charge is -2.31. The Labute approximate surface area is 114 Å². The van der Waals surface area contributed by atoms with Crippen LogP contribution in [0.25, 0.3) is 0 Å². The maximum absolute atomic E-state index is 11.6. The van der Waals surface area contributed by atoms with E-state index in [-0.39, 0.29) is 12.4 Å². The van der Waals surface area contributed by atoms with Crippen LogP contribution in [0.3, 0.4) is 0 Å². The summed E-state index contributed by atoms with van der Waals surface area (Å²) in [6, 6.07) is 6.04. The van der Waals surface area contributed by atoms with Crippen molar-refractivity contribution in [3.63, 3.8) is 0 Å². The summed E-state index contributed by atoms with van der Waals surface area (Å²) in [5.74, 6) is -0.0188. The van der Waals surface area contributed by atoms with Crippen molar-refractivity contribution in [3.8, 4) is 0 Å². The summed E-state index contributed by atoms with van der Waals surface area (Å²) in [7, 11) is 0. The molecule has 1 fully saturated rings. The van der Waals surface area contributed by atoms with Crippen molar-refractivity contribution >= 4 is 17.2 Å². The number of anilines is 2. The van der Waals surface area contributed by atoms with E-state index >= 15 is 0 Å². The Bertz CT molecular complexity index is 453. The predicted octanol–water partition coefficient (Wildman–Crippen LogP) is 2.21. The summed E-state index contributed by atoms with van der Waals surface area (Å²) in [6.45, 7) is 2.25. The average Bonchev–Trinajstić information content (AvgIpc) is 2.90. The largest absolute Gasteiger partial charge is 0.398 e. The topological polar surface area (TPSA) is 66.6 Å². The number of rotatable bonds is 5. The van der Waals surface area contributed by atoms with E-state index in [1.165, 1.54) is 19.8 Å². The Balaban J connectivity index is 2.30. The Morgan fingerprint density at radius 1 is 1.42 bits per heavy atom. The van der Waals surface area contributed by atoms with Gasteiger partial charge in [0, 0.05) is 29.5 Å². The molecule has 4 heteroatoms. The zero-order valence-corrected chi connectivity index (χ0v) is 11.4. The Hall–Kier alpha value is -1.55. The van der Waals surface area contributed by atoms with Gasteiger partial charge < -0.3 is 15.7 Å². The molecule has 3 N–H and O–H groups in total. The summed E-state index contributed by atoms with van der Waals surface area (Å²) in [6.07, 6.45) is 4.78. The lowest BCUT2D eigenvalue weighted by Crippen LogP contribution is -2.35. The lowest BCUT2D eigenvalue weighted by atomic mass is 10.1. The molecule has 1 aromatic carbocycles. The number of nitrogen functional groups attached to an aromatic ring is 1. The van der Waals surface area contributed by atoms with Gasteiger partial charge in [-0.2, -0.15) is 0 Å². The first kappa shape index (κ1) is 13.9. The minimum absolute atomic E-state index is 0.0188. The number of aliphatic hydroxyl groups excluding tert-OH is 1. The minimum atomic E-state index is -0.0188. The number of ketones is 1. The molecule has 0 amide bonds. The number of benzene rings is 1. The Morgan fingerprint density at radius 2 is 2.11 bits per heavy atom. The molecule has 19 heavy (non-hydrogen) atoms. The summed E-state index contributed by atoms with van der Waals surface area (Å²) in [5.41, 5.74) is 7.90. The SMILES string of the molecule is CC(=O)c1cc(N(CCO)C2CCCC2)ccc1N. The van der Waals surface area contributed by atoms with Crippen LogP contribution in [-0.4, -0.2) is 30.1 Å². The summed E-state index contributed by atoms with van der Waals surface area (Å²) in [5, 5.41) is 9.26. The monoisotopic (exact) mass is 262 g/mol. The first-order chi connectivity index (χ1) is 9.13. The molecular formula is C15H22N2O2. The van der Waals surface area contributed by atoms with E-state index in [2.05, 4.69) is 4.90 Å². The minimum Gasteiger partial charge on any atom is -0.398 e. The van der Waals surface area contributed by atoms with Crippen LogP contribution in [-0.2, 0) is 0 Å². The third kappa shape index (κ3) is 3.07. The summed E-state index contributed by atoms with van der Waals surface area (Å²) < 4.78 is 0. The standard InChI is InChI=1S/C15H22N2O2/c1-11(19)14-10-13(6-7-15(14)16)17(8-9-18)12-4-2-3-5-12/h6-7,10,12,18H,2-5,8-9,16H2,1H3. The van der Waals surface area contributed by atoms with E-state index in [1.807, 2.05) is 12.1 Å². The van der Waals surface area contributed by atoms with Gasteiger partial charge in [0.2, 0.25) is 0 Å². The van der Waals surface area contributed by atoms with Crippen LogP contribution in [0.1, 0.15) is 43.0 Å². The Kier molecular flexibility index (Phi) is 4.43. The highest BCUT2D eigenvalue weighted by atomic mass is 16.3. The molecule has 0 atom stereocenters. The number of Topliss-reactive ketones (excluding diaryl/α,β-unsaturated/α-hetero) is 1. The first-order valence-electron chi connectivity index (χ1n) is 6.91. The van der Waals surface area contributed by atoms with Crippen LogP contribution < -0.4 is 10.6 Å². The molecule has 0 aliphatic heterocycles. The second-order valence-electron chi connectivity index (χ2n) is 5.18. The smallest absolute Gasteiger partial charge is 0.161 e. The van der Waals surface area contributed by atoms with Gasteiger partial charge in [-0.15, -0.1) is 0 Å². The van der Waals surface area contributed by atoms with Gasteiger partial charge in [-0.25, -0.2) is 0 Å². The van der Waals surface area contributed by atoms with Gasteiger partial charge in [-0.05, 0) is 38.0 Å². The number of carbonyl (C=O) groups is 1. The molecule has 1 aliphatic carbocycles. The van der Waals surface area contributed by atoms with E-state index in [9.17, 15) is 9.90 Å². The molecule has 0 saturated heterocycles. The van der Waals surface area contributed by atoms with Gasteiger partial charge in [0.1, 0.15) is 0 Å². The molecule has 1 saturated carbocycles. The fourth-order valence-electron chi connectivity index (χ4n) is 2.87. The van der Waals surface area contributed by atoms with Gasteiger partial charge >= 0.3 is 0 Å². The van der Waals surface area contributed by atoms with Gasteiger partial charge in [0.15, 0.2) is 5.78 Å². The number of nitrogens with two attached hydrogens (primary N) is 1.